The van der Waals surface area contributed by atoms with Crippen molar-refractivity contribution < 1.29 is 17.9 Å². The molecule has 2 nitrogen and oxygen atoms in total. The van der Waals surface area contributed by atoms with E-state index < -0.39 is 6.36 Å². The minimum atomic E-state index is -4.62. The summed E-state index contributed by atoms with van der Waals surface area (Å²) < 4.78 is 39.9. The Morgan fingerprint density at radius 2 is 1.80 bits per heavy atom. The first kappa shape index (κ1) is 13.7. The maximum atomic E-state index is 12.0. The number of hydrogen-bond acceptors (Lipinski definition) is 2. The topological polar surface area (TPSA) is 21.3 Å². The number of rotatable bonds is 6. The Hall–Kier alpha value is -1.23. The van der Waals surface area contributed by atoms with Crippen LogP contribution in [0.25, 0.3) is 0 Å². The van der Waals surface area contributed by atoms with Crippen LogP contribution in [0.15, 0.2) is 24.3 Å². The van der Waals surface area contributed by atoms with Crippen molar-refractivity contribution in [3.8, 4) is 5.75 Å². The molecule has 1 aromatic carbocycles. The number of nitrogens with one attached hydrogen (secondary N) is 1. The number of benzene rings is 1. The van der Waals surface area contributed by atoms with Gasteiger partial charge < -0.3 is 10.1 Å². The lowest BCUT2D eigenvalue weighted by Gasteiger charge is -2.15. The molecule has 0 amide bonds. The van der Waals surface area contributed by atoms with E-state index >= 15 is 0 Å². The number of hydrogen-bond donors (Lipinski definition) is 1. The molecule has 0 unspecified atom stereocenters. The van der Waals surface area contributed by atoms with Crippen LogP contribution in [0, 0.1) is 11.3 Å². The third-order valence-electron chi connectivity index (χ3n) is 4.30. The zero-order valence-corrected chi connectivity index (χ0v) is 11.2. The predicted molar refractivity (Wildman–Crippen MR) is 69.2 cm³/mol. The van der Waals surface area contributed by atoms with Gasteiger partial charge in [-0.05, 0) is 54.7 Å². The quantitative estimate of drug-likeness (QED) is 0.857. The summed E-state index contributed by atoms with van der Waals surface area (Å²) >= 11 is 0. The van der Waals surface area contributed by atoms with Crippen molar-refractivity contribution in [3.63, 3.8) is 0 Å². The van der Waals surface area contributed by atoms with E-state index in [1.807, 2.05) is 0 Å². The average molecular weight is 285 g/mol. The Bertz CT molecular complexity index is 461. The van der Waals surface area contributed by atoms with E-state index in [9.17, 15) is 13.2 Å². The summed E-state index contributed by atoms with van der Waals surface area (Å²) in [5.41, 5.74) is 1.52. The molecule has 1 aromatic rings. The summed E-state index contributed by atoms with van der Waals surface area (Å²) in [5, 5.41) is 3.43. The monoisotopic (exact) mass is 285 g/mol. The lowest BCUT2D eigenvalue weighted by Crippen LogP contribution is -2.25. The Balaban J connectivity index is 1.46. The Morgan fingerprint density at radius 3 is 2.30 bits per heavy atom. The summed E-state index contributed by atoms with van der Waals surface area (Å²) in [6.07, 6.45) is 0.755. The Kier molecular flexibility index (Phi) is 3.40. The molecule has 5 heteroatoms. The molecular formula is C15H18F3NO. The lowest BCUT2D eigenvalue weighted by molar-refractivity contribution is -0.274. The highest BCUT2D eigenvalue weighted by atomic mass is 19.4. The zero-order chi connectivity index (χ0) is 14.2. The normalized spacial score (nSPS) is 20.8. The summed E-state index contributed by atoms with van der Waals surface area (Å²) in [7, 11) is 0. The molecule has 0 aromatic heterocycles. The first-order valence-electron chi connectivity index (χ1n) is 7.02. The van der Waals surface area contributed by atoms with E-state index in [-0.39, 0.29) is 5.75 Å². The van der Waals surface area contributed by atoms with E-state index in [0.717, 1.165) is 18.0 Å². The summed E-state index contributed by atoms with van der Waals surface area (Å²) in [5.74, 6) is 0.746. The zero-order valence-electron chi connectivity index (χ0n) is 11.2. The Labute approximate surface area is 116 Å². The second-order valence-electron chi connectivity index (χ2n) is 5.93. The van der Waals surface area contributed by atoms with Crippen molar-refractivity contribution in [2.45, 2.75) is 38.6 Å². The standard InChI is InChI=1S/C15H18F3NO/c16-15(17,18)20-13-5-1-11(2-6-13)9-19-10-14(7-8-14)12-3-4-12/h1-2,5-6,12,19H,3-4,7-10H2. The fourth-order valence-corrected chi connectivity index (χ4v) is 2.85. The predicted octanol–water partition coefficient (Wildman–Crippen LogP) is 3.87. The van der Waals surface area contributed by atoms with Gasteiger partial charge in [0.25, 0.3) is 0 Å². The Morgan fingerprint density at radius 1 is 1.15 bits per heavy atom. The van der Waals surface area contributed by atoms with Crippen LogP contribution in [0.1, 0.15) is 31.2 Å². The molecule has 2 fully saturated rings. The van der Waals surface area contributed by atoms with Crippen LogP contribution in [0.3, 0.4) is 0 Å². The van der Waals surface area contributed by atoms with E-state index in [1.165, 1.54) is 37.8 Å². The van der Waals surface area contributed by atoms with Crippen molar-refractivity contribution in [2.75, 3.05) is 6.54 Å². The molecule has 0 radical (unpaired) electrons. The third kappa shape index (κ3) is 3.45. The van der Waals surface area contributed by atoms with Crippen LogP contribution in [0.4, 0.5) is 13.2 Å². The SMILES string of the molecule is FC(F)(F)Oc1ccc(CNCC2(C3CC3)CC2)cc1. The van der Waals surface area contributed by atoms with E-state index in [1.54, 1.807) is 12.1 Å². The molecule has 2 aliphatic rings. The molecule has 0 heterocycles. The van der Waals surface area contributed by atoms with Crippen LogP contribution in [-0.4, -0.2) is 12.9 Å². The highest BCUT2D eigenvalue weighted by Crippen LogP contribution is 2.60. The van der Waals surface area contributed by atoms with Gasteiger partial charge in [-0.2, -0.15) is 0 Å². The van der Waals surface area contributed by atoms with E-state index in [2.05, 4.69) is 10.1 Å². The van der Waals surface area contributed by atoms with Gasteiger partial charge in [-0.1, -0.05) is 12.1 Å². The van der Waals surface area contributed by atoms with Gasteiger partial charge in [0.1, 0.15) is 5.75 Å². The number of halogens is 3. The van der Waals surface area contributed by atoms with Crippen LogP contribution in [0.2, 0.25) is 0 Å². The largest absolute Gasteiger partial charge is 0.573 e. The fraction of sp³-hybridized carbons (Fsp3) is 0.600. The highest BCUT2D eigenvalue weighted by molar-refractivity contribution is 5.27. The van der Waals surface area contributed by atoms with Crippen molar-refractivity contribution in [1.29, 1.82) is 0 Å². The van der Waals surface area contributed by atoms with Crippen LogP contribution >= 0.6 is 0 Å². The molecular weight excluding hydrogens is 267 g/mol. The molecule has 110 valence electrons. The molecule has 0 saturated heterocycles. The van der Waals surface area contributed by atoms with Crippen LogP contribution in [0.5, 0.6) is 5.75 Å². The van der Waals surface area contributed by atoms with Gasteiger partial charge in [-0.25, -0.2) is 0 Å². The second-order valence-corrected chi connectivity index (χ2v) is 5.93. The molecule has 0 aliphatic heterocycles. The van der Waals surface area contributed by atoms with Gasteiger partial charge >= 0.3 is 6.36 Å². The minimum Gasteiger partial charge on any atom is -0.406 e. The van der Waals surface area contributed by atoms with Crippen LogP contribution in [-0.2, 0) is 6.54 Å². The van der Waals surface area contributed by atoms with Gasteiger partial charge in [0.05, 0.1) is 0 Å². The van der Waals surface area contributed by atoms with Gasteiger partial charge in [0.15, 0.2) is 0 Å². The minimum absolute atomic E-state index is 0.169. The second kappa shape index (κ2) is 4.95. The summed E-state index contributed by atoms with van der Waals surface area (Å²) in [6, 6.07) is 6.06. The molecule has 3 rings (SSSR count). The summed E-state index contributed by atoms with van der Waals surface area (Å²) in [6.45, 7) is 1.72. The lowest BCUT2D eigenvalue weighted by atomic mass is 10.0. The molecule has 0 bridgehead atoms. The van der Waals surface area contributed by atoms with Crippen molar-refractivity contribution in [3.05, 3.63) is 29.8 Å². The fourth-order valence-electron chi connectivity index (χ4n) is 2.85. The number of ether oxygens (including phenoxy) is 1. The van der Waals surface area contributed by atoms with E-state index in [0.29, 0.717) is 12.0 Å². The molecule has 0 atom stereocenters. The highest BCUT2D eigenvalue weighted by Gasteiger charge is 2.53. The van der Waals surface area contributed by atoms with Crippen molar-refractivity contribution in [1.82, 2.24) is 5.32 Å². The molecule has 2 aliphatic carbocycles. The van der Waals surface area contributed by atoms with Gasteiger partial charge in [-0.15, -0.1) is 13.2 Å². The molecule has 0 spiro atoms. The first-order chi connectivity index (χ1) is 9.47. The average Bonchev–Trinajstić information content (AvgIpc) is 3.23. The molecule has 2 saturated carbocycles. The maximum Gasteiger partial charge on any atom is 0.573 e. The van der Waals surface area contributed by atoms with Gasteiger partial charge in [0, 0.05) is 13.1 Å². The summed E-state index contributed by atoms with van der Waals surface area (Å²) in [4.78, 5) is 0. The van der Waals surface area contributed by atoms with E-state index in [4.69, 9.17) is 0 Å². The van der Waals surface area contributed by atoms with Crippen molar-refractivity contribution >= 4 is 0 Å². The maximum absolute atomic E-state index is 12.0. The molecule has 1 N–H and O–H groups in total. The first-order valence-corrected chi connectivity index (χ1v) is 7.02. The van der Waals surface area contributed by atoms with Gasteiger partial charge in [-0.3, -0.25) is 0 Å². The van der Waals surface area contributed by atoms with Gasteiger partial charge in [0.2, 0.25) is 0 Å². The third-order valence-corrected chi connectivity index (χ3v) is 4.30. The van der Waals surface area contributed by atoms with Crippen LogP contribution < -0.4 is 10.1 Å². The smallest absolute Gasteiger partial charge is 0.406 e. The molecule has 20 heavy (non-hydrogen) atoms. The number of alkyl halides is 3. The van der Waals surface area contributed by atoms with Crippen molar-refractivity contribution in [2.24, 2.45) is 11.3 Å².